The fourth-order valence-corrected chi connectivity index (χ4v) is 2.96. The molecule has 0 saturated carbocycles. The van der Waals surface area contributed by atoms with Gasteiger partial charge in [0.2, 0.25) is 0 Å². The van der Waals surface area contributed by atoms with E-state index in [4.69, 9.17) is 11.6 Å². The molecule has 0 aliphatic heterocycles. The summed E-state index contributed by atoms with van der Waals surface area (Å²) in [7, 11) is 0. The van der Waals surface area contributed by atoms with E-state index >= 15 is 0 Å². The van der Waals surface area contributed by atoms with Crippen molar-refractivity contribution in [1.82, 2.24) is 9.97 Å². The largest absolute Gasteiger partial charge is 0.235 e. The van der Waals surface area contributed by atoms with E-state index in [0.717, 1.165) is 20.7 Å². The van der Waals surface area contributed by atoms with E-state index in [1.165, 1.54) is 23.7 Å². The summed E-state index contributed by atoms with van der Waals surface area (Å²) in [6.45, 7) is 1.74. The summed E-state index contributed by atoms with van der Waals surface area (Å²) in [6, 6.07) is 7.09. The molecule has 90 valence electrons. The van der Waals surface area contributed by atoms with Crippen LogP contribution in [0.4, 0.5) is 4.39 Å². The molecule has 2 heterocycles. The SMILES string of the molecule is Cc1ccc(-c2cc3ncnc(Cl)c3s2)cc1F. The van der Waals surface area contributed by atoms with Crippen LogP contribution in [0.3, 0.4) is 0 Å². The molecular formula is C13H8ClFN2S. The molecule has 1 aromatic carbocycles. The number of hydrogen-bond acceptors (Lipinski definition) is 3. The van der Waals surface area contributed by atoms with Crippen LogP contribution in [-0.2, 0) is 0 Å². The molecule has 0 amide bonds. The molecule has 0 aliphatic carbocycles. The molecule has 0 fully saturated rings. The molecule has 3 aromatic rings. The van der Waals surface area contributed by atoms with E-state index in [-0.39, 0.29) is 5.82 Å². The Bertz CT molecular complexity index is 739. The number of fused-ring (bicyclic) bond motifs is 1. The van der Waals surface area contributed by atoms with Gasteiger partial charge >= 0.3 is 0 Å². The highest BCUT2D eigenvalue weighted by Crippen LogP contribution is 2.35. The predicted molar refractivity (Wildman–Crippen MR) is 72.6 cm³/mol. The van der Waals surface area contributed by atoms with E-state index in [2.05, 4.69) is 9.97 Å². The Hall–Kier alpha value is -1.52. The third kappa shape index (κ3) is 1.87. The van der Waals surface area contributed by atoms with Crippen molar-refractivity contribution in [1.29, 1.82) is 0 Å². The Morgan fingerprint density at radius 1 is 1.22 bits per heavy atom. The lowest BCUT2D eigenvalue weighted by molar-refractivity contribution is 0.619. The van der Waals surface area contributed by atoms with Gasteiger partial charge in [-0.25, -0.2) is 14.4 Å². The number of aryl methyl sites for hydroxylation is 1. The number of halogens is 2. The Balaban J connectivity index is 2.19. The van der Waals surface area contributed by atoms with Crippen LogP contribution in [0.2, 0.25) is 5.15 Å². The van der Waals surface area contributed by atoms with Gasteiger partial charge in [-0.3, -0.25) is 0 Å². The zero-order valence-corrected chi connectivity index (χ0v) is 11.0. The smallest absolute Gasteiger partial charge is 0.150 e. The molecule has 5 heteroatoms. The monoisotopic (exact) mass is 278 g/mol. The molecule has 0 atom stereocenters. The number of aromatic nitrogens is 2. The Labute approximate surface area is 112 Å². The number of rotatable bonds is 1. The van der Waals surface area contributed by atoms with Gasteiger partial charge in [0.25, 0.3) is 0 Å². The zero-order valence-electron chi connectivity index (χ0n) is 9.45. The first-order chi connectivity index (χ1) is 8.65. The maximum Gasteiger partial charge on any atom is 0.150 e. The first kappa shape index (κ1) is 11.6. The van der Waals surface area contributed by atoms with Gasteiger partial charge in [-0.05, 0) is 30.2 Å². The van der Waals surface area contributed by atoms with Crippen LogP contribution in [-0.4, -0.2) is 9.97 Å². The lowest BCUT2D eigenvalue weighted by atomic mass is 10.1. The van der Waals surface area contributed by atoms with Gasteiger partial charge < -0.3 is 0 Å². The summed E-state index contributed by atoms with van der Waals surface area (Å²) >= 11 is 7.47. The Kier molecular flexibility index (Phi) is 2.76. The first-order valence-corrected chi connectivity index (χ1v) is 6.51. The van der Waals surface area contributed by atoms with Crippen LogP contribution >= 0.6 is 22.9 Å². The van der Waals surface area contributed by atoms with Gasteiger partial charge in [0.15, 0.2) is 0 Å². The highest BCUT2D eigenvalue weighted by Gasteiger charge is 2.09. The molecule has 0 aliphatic rings. The molecule has 0 saturated heterocycles. The zero-order chi connectivity index (χ0) is 12.7. The molecule has 0 radical (unpaired) electrons. The van der Waals surface area contributed by atoms with Crippen molar-refractivity contribution in [2.45, 2.75) is 6.92 Å². The predicted octanol–water partition coefficient (Wildman–Crippen LogP) is 4.46. The fraction of sp³-hybridized carbons (Fsp3) is 0.0769. The van der Waals surface area contributed by atoms with E-state index in [0.29, 0.717) is 10.7 Å². The van der Waals surface area contributed by atoms with Crippen molar-refractivity contribution >= 4 is 33.2 Å². The number of thiophene rings is 1. The highest BCUT2D eigenvalue weighted by molar-refractivity contribution is 7.22. The van der Waals surface area contributed by atoms with Gasteiger partial charge in [-0.1, -0.05) is 23.7 Å². The Morgan fingerprint density at radius 2 is 2.06 bits per heavy atom. The maximum absolute atomic E-state index is 13.6. The molecule has 3 rings (SSSR count). The summed E-state index contributed by atoms with van der Waals surface area (Å²) in [4.78, 5) is 9.02. The van der Waals surface area contributed by atoms with Gasteiger partial charge in [0, 0.05) is 4.88 Å². The van der Waals surface area contributed by atoms with Crippen molar-refractivity contribution in [3.8, 4) is 10.4 Å². The van der Waals surface area contributed by atoms with Crippen LogP contribution in [0.5, 0.6) is 0 Å². The van der Waals surface area contributed by atoms with Crippen LogP contribution in [0.15, 0.2) is 30.6 Å². The van der Waals surface area contributed by atoms with Gasteiger partial charge in [0.1, 0.15) is 17.3 Å². The summed E-state index contributed by atoms with van der Waals surface area (Å²) in [5.74, 6) is -0.206. The topological polar surface area (TPSA) is 25.8 Å². The summed E-state index contributed by atoms with van der Waals surface area (Å²) in [6.07, 6.45) is 1.43. The quantitative estimate of drug-likeness (QED) is 0.614. The summed E-state index contributed by atoms with van der Waals surface area (Å²) < 4.78 is 14.4. The molecule has 0 N–H and O–H groups in total. The van der Waals surface area contributed by atoms with Crippen molar-refractivity contribution in [2.24, 2.45) is 0 Å². The standard InChI is InChI=1S/C13H8ClFN2S/c1-7-2-3-8(4-9(7)15)11-5-10-12(18-11)13(14)17-6-16-10/h2-6H,1H3. The van der Waals surface area contributed by atoms with E-state index < -0.39 is 0 Å². The molecule has 0 bridgehead atoms. The summed E-state index contributed by atoms with van der Waals surface area (Å²) in [5.41, 5.74) is 2.26. The van der Waals surface area contributed by atoms with E-state index in [1.807, 2.05) is 12.1 Å². The minimum atomic E-state index is -0.206. The second kappa shape index (κ2) is 4.30. The second-order valence-corrected chi connectivity index (χ2v) is 5.36. The first-order valence-electron chi connectivity index (χ1n) is 5.32. The van der Waals surface area contributed by atoms with Gasteiger partial charge in [-0.15, -0.1) is 11.3 Å². The minimum Gasteiger partial charge on any atom is -0.235 e. The summed E-state index contributed by atoms with van der Waals surface area (Å²) in [5, 5.41) is 0.434. The number of nitrogens with zero attached hydrogens (tertiary/aromatic N) is 2. The van der Waals surface area contributed by atoms with Crippen molar-refractivity contribution in [3.05, 3.63) is 47.1 Å². The van der Waals surface area contributed by atoms with Crippen LogP contribution in [0, 0.1) is 12.7 Å². The third-order valence-electron chi connectivity index (χ3n) is 2.72. The molecular weight excluding hydrogens is 271 g/mol. The Morgan fingerprint density at radius 3 is 2.78 bits per heavy atom. The van der Waals surface area contributed by atoms with Crippen molar-refractivity contribution < 1.29 is 4.39 Å². The third-order valence-corrected chi connectivity index (χ3v) is 4.30. The van der Waals surface area contributed by atoms with E-state index in [9.17, 15) is 4.39 Å². The lowest BCUT2D eigenvalue weighted by Crippen LogP contribution is -1.82. The van der Waals surface area contributed by atoms with Crippen molar-refractivity contribution in [2.75, 3.05) is 0 Å². The van der Waals surface area contributed by atoms with Crippen LogP contribution in [0.1, 0.15) is 5.56 Å². The van der Waals surface area contributed by atoms with Crippen LogP contribution in [0.25, 0.3) is 20.7 Å². The molecule has 2 aromatic heterocycles. The molecule has 0 spiro atoms. The molecule has 0 unspecified atom stereocenters. The highest BCUT2D eigenvalue weighted by atomic mass is 35.5. The number of benzene rings is 1. The van der Waals surface area contributed by atoms with Gasteiger partial charge in [0.05, 0.1) is 10.2 Å². The normalized spacial score (nSPS) is 11.1. The van der Waals surface area contributed by atoms with Crippen molar-refractivity contribution in [3.63, 3.8) is 0 Å². The molecule has 18 heavy (non-hydrogen) atoms. The van der Waals surface area contributed by atoms with Gasteiger partial charge in [-0.2, -0.15) is 0 Å². The fourth-order valence-electron chi connectivity index (χ4n) is 1.71. The average Bonchev–Trinajstić information content (AvgIpc) is 2.78. The molecule has 2 nitrogen and oxygen atoms in total. The minimum absolute atomic E-state index is 0.206. The van der Waals surface area contributed by atoms with E-state index in [1.54, 1.807) is 13.0 Å². The lowest BCUT2D eigenvalue weighted by Gasteiger charge is -1.99. The number of hydrogen-bond donors (Lipinski definition) is 0. The maximum atomic E-state index is 13.6. The second-order valence-electron chi connectivity index (χ2n) is 3.95. The van der Waals surface area contributed by atoms with Crippen LogP contribution < -0.4 is 0 Å². The average molecular weight is 279 g/mol.